The van der Waals surface area contributed by atoms with E-state index in [1.807, 2.05) is 0 Å². The first-order valence-electron chi connectivity index (χ1n) is 4.65. The van der Waals surface area contributed by atoms with Crippen LogP contribution in [-0.4, -0.2) is 17.8 Å². The SMILES string of the molecule is NCc1ccc2c(c1)N(C(=O)S)C(=O)CO2. The molecule has 0 saturated heterocycles. The van der Waals surface area contributed by atoms with Crippen molar-refractivity contribution in [2.75, 3.05) is 11.5 Å². The van der Waals surface area contributed by atoms with Crippen molar-refractivity contribution in [3.05, 3.63) is 23.8 Å². The molecule has 0 bridgehead atoms. The number of ether oxygens (including phenoxy) is 1. The molecule has 0 spiro atoms. The molecule has 2 amide bonds. The Kier molecular flexibility index (Phi) is 2.84. The Hall–Kier alpha value is -1.53. The molecule has 2 N–H and O–H groups in total. The molecule has 0 aromatic heterocycles. The number of benzene rings is 1. The highest BCUT2D eigenvalue weighted by molar-refractivity contribution is 7.97. The quantitative estimate of drug-likeness (QED) is 0.714. The van der Waals surface area contributed by atoms with Crippen molar-refractivity contribution < 1.29 is 14.3 Å². The van der Waals surface area contributed by atoms with E-state index in [1.54, 1.807) is 18.2 Å². The Morgan fingerprint density at radius 3 is 2.94 bits per heavy atom. The smallest absolute Gasteiger partial charge is 0.290 e. The molecule has 2 rings (SSSR count). The Morgan fingerprint density at radius 2 is 2.31 bits per heavy atom. The Morgan fingerprint density at radius 1 is 1.56 bits per heavy atom. The maximum Gasteiger partial charge on any atom is 0.290 e. The zero-order chi connectivity index (χ0) is 11.7. The van der Waals surface area contributed by atoms with Crippen LogP contribution in [0.15, 0.2) is 18.2 Å². The molecule has 84 valence electrons. The van der Waals surface area contributed by atoms with Crippen LogP contribution >= 0.6 is 12.6 Å². The second kappa shape index (κ2) is 4.15. The lowest BCUT2D eigenvalue weighted by Gasteiger charge is -2.26. The van der Waals surface area contributed by atoms with Crippen molar-refractivity contribution in [1.29, 1.82) is 0 Å². The number of fused-ring (bicyclic) bond motifs is 1. The molecule has 1 aromatic carbocycles. The van der Waals surface area contributed by atoms with Gasteiger partial charge < -0.3 is 10.5 Å². The highest BCUT2D eigenvalue weighted by Gasteiger charge is 2.29. The third-order valence-corrected chi connectivity index (χ3v) is 2.49. The fraction of sp³-hybridized carbons (Fsp3) is 0.200. The summed E-state index contributed by atoms with van der Waals surface area (Å²) in [5, 5.41) is -0.622. The number of thiol groups is 1. The van der Waals surface area contributed by atoms with Gasteiger partial charge in [-0.1, -0.05) is 18.7 Å². The fourth-order valence-corrected chi connectivity index (χ4v) is 1.75. The van der Waals surface area contributed by atoms with Crippen LogP contribution in [0.3, 0.4) is 0 Å². The fourth-order valence-electron chi connectivity index (χ4n) is 1.53. The molecule has 1 heterocycles. The van der Waals surface area contributed by atoms with Crippen LogP contribution in [0.4, 0.5) is 10.5 Å². The lowest BCUT2D eigenvalue weighted by atomic mass is 10.1. The van der Waals surface area contributed by atoms with Crippen LogP contribution in [0.5, 0.6) is 5.75 Å². The monoisotopic (exact) mass is 238 g/mol. The molecule has 1 aliphatic heterocycles. The molecule has 1 aliphatic rings. The van der Waals surface area contributed by atoms with Crippen molar-refractivity contribution in [2.45, 2.75) is 6.54 Å². The zero-order valence-corrected chi connectivity index (χ0v) is 9.24. The average Bonchev–Trinajstić information content (AvgIpc) is 2.27. The topological polar surface area (TPSA) is 72.6 Å². The van der Waals surface area contributed by atoms with Gasteiger partial charge in [0.1, 0.15) is 5.75 Å². The number of hydrogen-bond donors (Lipinski definition) is 2. The van der Waals surface area contributed by atoms with E-state index >= 15 is 0 Å². The van der Waals surface area contributed by atoms with Crippen LogP contribution in [0.25, 0.3) is 0 Å². The van der Waals surface area contributed by atoms with Gasteiger partial charge >= 0.3 is 0 Å². The van der Waals surface area contributed by atoms with Gasteiger partial charge in [0, 0.05) is 6.54 Å². The van der Waals surface area contributed by atoms with Gasteiger partial charge in [-0.05, 0) is 17.7 Å². The highest BCUT2D eigenvalue weighted by Crippen LogP contribution is 2.33. The lowest BCUT2D eigenvalue weighted by molar-refractivity contribution is -0.120. The van der Waals surface area contributed by atoms with Crippen LogP contribution in [0.2, 0.25) is 0 Å². The summed E-state index contributed by atoms with van der Waals surface area (Å²) in [6.45, 7) is 0.178. The number of amides is 2. The third-order valence-electron chi connectivity index (χ3n) is 2.29. The maximum atomic E-state index is 11.5. The van der Waals surface area contributed by atoms with Crippen molar-refractivity contribution in [3.8, 4) is 5.75 Å². The molecule has 0 fully saturated rings. The van der Waals surface area contributed by atoms with Crippen molar-refractivity contribution in [2.24, 2.45) is 5.73 Å². The lowest BCUT2D eigenvalue weighted by Crippen LogP contribution is -2.40. The molecule has 16 heavy (non-hydrogen) atoms. The second-order valence-corrected chi connectivity index (χ2v) is 3.69. The normalized spacial score (nSPS) is 14.4. The van der Waals surface area contributed by atoms with Gasteiger partial charge in [-0.3, -0.25) is 9.59 Å². The van der Waals surface area contributed by atoms with E-state index in [0.717, 1.165) is 10.5 Å². The predicted octanol–water partition coefficient (Wildman–Crippen LogP) is 0.921. The Labute approximate surface area is 97.6 Å². The maximum absolute atomic E-state index is 11.5. The van der Waals surface area contributed by atoms with Crippen molar-refractivity contribution >= 4 is 29.5 Å². The number of nitrogens with zero attached hydrogens (tertiary/aromatic N) is 1. The number of hydrogen-bond acceptors (Lipinski definition) is 4. The molecular formula is C10H10N2O3S. The largest absolute Gasteiger partial charge is 0.482 e. The van der Waals surface area contributed by atoms with Gasteiger partial charge in [0.25, 0.3) is 11.1 Å². The molecule has 5 nitrogen and oxygen atoms in total. The highest BCUT2D eigenvalue weighted by atomic mass is 32.1. The second-order valence-electron chi connectivity index (χ2n) is 3.31. The zero-order valence-electron chi connectivity index (χ0n) is 8.34. The summed E-state index contributed by atoms with van der Waals surface area (Å²) in [6, 6.07) is 5.13. The van der Waals surface area contributed by atoms with Gasteiger partial charge in [0.05, 0.1) is 5.69 Å². The first kappa shape index (κ1) is 11.0. The molecule has 0 aliphatic carbocycles. The van der Waals surface area contributed by atoms with Gasteiger partial charge in [-0.25, -0.2) is 4.90 Å². The minimum absolute atomic E-state index is 0.152. The van der Waals surface area contributed by atoms with E-state index in [4.69, 9.17) is 10.5 Å². The molecular weight excluding hydrogens is 228 g/mol. The minimum Gasteiger partial charge on any atom is -0.482 e. The summed E-state index contributed by atoms with van der Waals surface area (Å²) >= 11 is 3.67. The number of carbonyl (C=O) groups is 2. The van der Waals surface area contributed by atoms with E-state index in [2.05, 4.69) is 12.6 Å². The van der Waals surface area contributed by atoms with Crippen LogP contribution in [-0.2, 0) is 11.3 Å². The van der Waals surface area contributed by atoms with Gasteiger partial charge in [-0.15, -0.1) is 0 Å². The van der Waals surface area contributed by atoms with Gasteiger partial charge in [0.15, 0.2) is 6.61 Å². The van der Waals surface area contributed by atoms with E-state index in [9.17, 15) is 9.59 Å². The van der Waals surface area contributed by atoms with Crippen molar-refractivity contribution in [1.82, 2.24) is 0 Å². The molecule has 0 unspecified atom stereocenters. The number of anilines is 1. The van der Waals surface area contributed by atoms with E-state index in [1.165, 1.54) is 0 Å². The summed E-state index contributed by atoms with van der Waals surface area (Å²) in [6.07, 6.45) is 0. The summed E-state index contributed by atoms with van der Waals surface area (Å²) in [5.41, 5.74) is 6.71. The molecule has 0 saturated carbocycles. The van der Waals surface area contributed by atoms with Crippen molar-refractivity contribution in [3.63, 3.8) is 0 Å². The number of nitrogens with two attached hydrogens (primary N) is 1. The van der Waals surface area contributed by atoms with Gasteiger partial charge in [0.2, 0.25) is 0 Å². The Balaban J connectivity index is 2.52. The van der Waals surface area contributed by atoms with E-state index in [0.29, 0.717) is 18.0 Å². The Bertz CT molecular complexity index is 461. The summed E-state index contributed by atoms with van der Waals surface area (Å²) in [7, 11) is 0. The average molecular weight is 238 g/mol. The van der Waals surface area contributed by atoms with E-state index in [-0.39, 0.29) is 6.61 Å². The van der Waals surface area contributed by atoms with Crippen LogP contribution in [0.1, 0.15) is 5.56 Å². The van der Waals surface area contributed by atoms with E-state index < -0.39 is 11.1 Å². The predicted molar refractivity (Wildman–Crippen MR) is 61.7 cm³/mol. The third kappa shape index (κ3) is 1.77. The summed E-state index contributed by atoms with van der Waals surface area (Å²) in [5.74, 6) is 0.0564. The first-order chi connectivity index (χ1) is 7.63. The summed E-state index contributed by atoms with van der Waals surface area (Å²) < 4.78 is 5.20. The minimum atomic E-state index is -0.622. The van der Waals surface area contributed by atoms with Crippen LogP contribution in [0, 0.1) is 0 Å². The summed E-state index contributed by atoms with van der Waals surface area (Å²) in [4.78, 5) is 23.7. The number of carbonyl (C=O) groups excluding carboxylic acids is 2. The molecule has 0 atom stereocenters. The van der Waals surface area contributed by atoms with Gasteiger partial charge in [-0.2, -0.15) is 0 Å². The first-order valence-corrected chi connectivity index (χ1v) is 5.10. The molecule has 1 aromatic rings. The van der Waals surface area contributed by atoms with Crippen LogP contribution < -0.4 is 15.4 Å². The number of rotatable bonds is 1. The molecule has 0 radical (unpaired) electrons. The molecule has 6 heteroatoms. The standard InChI is InChI=1S/C10H10N2O3S/c11-4-6-1-2-8-7(3-6)12(10(14)16)9(13)5-15-8/h1-3H,4-5,11H2,(H,14,16). The number of imide groups is 1.